The third-order valence-corrected chi connectivity index (χ3v) is 3.05. The fraction of sp³-hybridized carbons (Fsp3) is 0.250. The van der Waals surface area contributed by atoms with E-state index in [1.54, 1.807) is 4.99 Å². The van der Waals surface area contributed by atoms with Crippen molar-refractivity contribution in [2.45, 2.75) is 19.3 Å². The van der Waals surface area contributed by atoms with Crippen LogP contribution < -0.4 is 5.32 Å². The van der Waals surface area contributed by atoms with Gasteiger partial charge in [0.15, 0.2) is 0 Å². The number of amides is 1. The number of hydrogen-bond acceptors (Lipinski definition) is 1. The summed E-state index contributed by atoms with van der Waals surface area (Å²) < 4.78 is 0. The number of anilines is 1. The number of fused-ring (bicyclic) bond motifs is 1. The molecule has 0 atom stereocenters. The zero-order valence-corrected chi connectivity index (χ0v) is 10.3. The molecule has 0 aromatic heterocycles. The Morgan fingerprint density at radius 3 is 2.80 bits per heavy atom. The highest BCUT2D eigenvalue weighted by molar-refractivity contribution is 9.11. The topological polar surface area (TPSA) is 29.1 Å². The summed E-state index contributed by atoms with van der Waals surface area (Å²) in [6.07, 6.45) is 1.94. The molecule has 0 saturated carbocycles. The van der Waals surface area contributed by atoms with Crippen LogP contribution in [0.25, 0.3) is 6.08 Å². The van der Waals surface area contributed by atoms with E-state index in [0.717, 1.165) is 16.8 Å². The molecular formula is C12H12BrNO. The van der Waals surface area contributed by atoms with E-state index >= 15 is 0 Å². The van der Waals surface area contributed by atoms with Gasteiger partial charge < -0.3 is 5.32 Å². The second-order valence-electron chi connectivity index (χ2n) is 4.18. The first-order valence-corrected chi connectivity index (χ1v) is 5.70. The Labute approximate surface area is 97.5 Å². The average Bonchev–Trinajstić information content (AvgIpc) is 2.38. The number of nitrogens with one attached hydrogen (secondary N) is 1. The number of hydrogen-bond donors (Lipinski definition) is 1. The lowest BCUT2D eigenvalue weighted by molar-refractivity contribution is -0.119. The van der Waals surface area contributed by atoms with Crippen molar-refractivity contribution in [3.8, 4) is 0 Å². The molecule has 1 amide bonds. The maximum absolute atomic E-state index is 11.7. The van der Waals surface area contributed by atoms with E-state index in [4.69, 9.17) is 0 Å². The molecule has 1 heterocycles. The molecule has 1 aromatic rings. The molecule has 78 valence electrons. The minimum atomic E-state index is -0.411. The van der Waals surface area contributed by atoms with Crippen molar-refractivity contribution in [1.82, 2.24) is 0 Å². The predicted molar refractivity (Wildman–Crippen MR) is 66.1 cm³/mol. The van der Waals surface area contributed by atoms with Crippen LogP contribution >= 0.6 is 15.9 Å². The highest BCUT2D eigenvalue weighted by Crippen LogP contribution is 2.37. The smallest absolute Gasteiger partial charge is 0.234 e. The van der Waals surface area contributed by atoms with Gasteiger partial charge in [0.25, 0.3) is 0 Å². The van der Waals surface area contributed by atoms with Crippen LogP contribution in [0.4, 0.5) is 5.69 Å². The van der Waals surface area contributed by atoms with Crippen LogP contribution in [-0.4, -0.2) is 5.91 Å². The normalized spacial score (nSPS) is 17.9. The second kappa shape index (κ2) is 3.49. The minimum Gasteiger partial charge on any atom is -0.325 e. The summed E-state index contributed by atoms with van der Waals surface area (Å²) in [5, 5.41) is 2.90. The lowest BCUT2D eigenvalue weighted by Crippen LogP contribution is -2.26. The predicted octanol–water partition coefficient (Wildman–Crippen LogP) is 3.28. The Bertz CT molecular complexity index is 449. The Morgan fingerprint density at radius 2 is 2.13 bits per heavy atom. The fourth-order valence-corrected chi connectivity index (χ4v) is 2.09. The first-order valence-electron chi connectivity index (χ1n) is 4.78. The van der Waals surface area contributed by atoms with E-state index in [9.17, 15) is 4.79 Å². The summed E-state index contributed by atoms with van der Waals surface area (Å²) >= 11 is 3.23. The van der Waals surface area contributed by atoms with Crippen LogP contribution in [-0.2, 0) is 10.2 Å². The summed E-state index contributed by atoms with van der Waals surface area (Å²) in [4.78, 5) is 13.5. The quantitative estimate of drug-likeness (QED) is 0.830. The van der Waals surface area contributed by atoms with E-state index in [1.807, 2.05) is 38.1 Å². The van der Waals surface area contributed by atoms with Gasteiger partial charge in [-0.3, -0.25) is 4.79 Å². The average molecular weight is 266 g/mol. The van der Waals surface area contributed by atoms with Gasteiger partial charge in [-0.1, -0.05) is 28.1 Å². The van der Waals surface area contributed by atoms with Gasteiger partial charge in [0.05, 0.1) is 5.41 Å². The Kier molecular flexibility index (Phi) is 2.43. The summed E-state index contributed by atoms with van der Waals surface area (Å²) in [6, 6.07) is 6.01. The third-order valence-electron chi connectivity index (χ3n) is 2.79. The first kappa shape index (κ1) is 10.4. The lowest BCUT2D eigenvalue weighted by atomic mass is 9.86. The number of rotatable bonds is 1. The van der Waals surface area contributed by atoms with E-state index in [-0.39, 0.29) is 5.91 Å². The lowest BCUT2D eigenvalue weighted by Gasteiger charge is -2.14. The SMILES string of the molecule is CC1(C)C(=O)Nc2cc(C=CBr)ccc21. The van der Waals surface area contributed by atoms with Gasteiger partial charge in [0.1, 0.15) is 0 Å². The molecule has 3 heteroatoms. The molecule has 1 aliphatic heterocycles. The molecular weight excluding hydrogens is 254 g/mol. The molecule has 15 heavy (non-hydrogen) atoms. The molecule has 2 rings (SSSR count). The molecule has 0 radical (unpaired) electrons. The number of carbonyl (C=O) groups excluding carboxylic acids is 1. The van der Waals surface area contributed by atoms with Gasteiger partial charge in [-0.05, 0) is 42.1 Å². The molecule has 0 bridgehead atoms. The summed E-state index contributed by atoms with van der Waals surface area (Å²) in [7, 11) is 0. The van der Waals surface area contributed by atoms with Crippen molar-refractivity contribution in [2.75, 3.05) is 5.32 Å². The Balaban J connectivity index is 2.51. The van der Waals surface area contributed by atoms with E-state index in [2.05, 4.69) is 21.2 Å². The molecule has 0 fully saturated rings. The largest absolute Gasteiger partial charge is 0.325 e. The summed E-state index contributed by atoms with van der Waals surface area (Å²) in [6.45, 7) is 3.88. The monoisotopic (exact) mass is 265 g/mol. The molecule has 0 unspecified atom stereocenters. The number of carbonyl (C=O) groups is 1. The van der Waals surface area contributed by atoms with Crippen molar-refractivity contribution in [1.29, 1.82) is 0 Å². The van der Waals surface area contributed by atoms with Crippen LogP contribution in [0.2, 0.25) is 0 Å². The molecule has 0 saturated heterocycles. The van der Waals surface area contributed by atoms with Gasteiger partial charge >= 0.3 is 0 Å². The number of benzene rings is 1. The van der Waals surface area contributed by atoms with E-state index in [1.165, 1.54) is 0 Å². The van der Waals surface area contributed by atoms with Crippen LogP contribution in [0, 0.1) is 0 Å². The van der Waals surface area contributed by atoms with Crippen molar-refractivity contribution in [3.05, 3.63) is 34.3 Å². The first-order chi connectivity index (χ1) is 7.05. The molecule has 0 spiro atoms. The van der Waals surface area contributed by atoms with Crippen molar-refractivity contribution in [3.63, 3.8) is 0 Å². The molecule has 0 aliphatic carbocycles. The Morgan fingerprint density at radius 1 is 1.40 bits per heavy atom. The maximum Gasteiger partial charge on any atom is 0.234 e. The van der Waals surface area contributed by atoms with Gasteiger partial charge in [-0.15, -0.1) is 0 Å². The van der Waals surface area contributed by atoms with Crippen molar-refractivity contribution < 1.29 is 4.79 Å². The van der Waals surface area contributed by atoms with Crippen LogP contribution in [0.15, 0.2) is 23.2 Å². The van der Waals surface area contributed by atoms with Crippen LogP contribution in [0.3, 0.4) is 0 Å². The van der Waals surface area contributed by atoms with Crippen LogP contribution in [0.5, 0.6) is 0 Å². The van der Waals surface area contributed by atoms with E-state index < -0.39 is 5.41 Å². The van der Waals surface area contributed by atoms with Gasteiger partial charge in [-0.25, -0.2) is 0 Å². The van der Waals surface area contributed by atoms with Gasteiger partial charge in [0, 0.05) is 5.69 Å². The highest BCUT2D eigenvalue weighted by Gasteiger charge is 2.37. The zero-order chi connectivity index (χ0) is 11.1. The third kappa shape index (κ3) is 1.61. The molecule has 1 aliphatic rings. The van der Waals surface area contributed by atoms with Crippen molar-refractivity contribution in [2.24, 2.45) is 0 Å². The van der Waals surface area contributed by atoms with Gasteiger partial charge in [0.2, 0.25) is 5.91 Å². The summed E-state index contributed by atoms with van der Waals surface area (Å²) in [5.41, 5.74) is 2.65. The van der Waals surface area contributed by atoms with Crippen LogP contribution in [0.1, 0.15) is 25.0 Å². The molecule has 1 N–H and O–H groups in total. The second-order valence-corrected chi connectivity index (χ2v) is 4.71. The Hall–Kier alpha value is -1.09. The molecule has 1 aromatic carbocycles. The summed E-state index contributed by atoms with van der Waals surface area (Å²) in [5.74, 6) is 0.0671. The zero-order valence-electron chi connectivity index (χ0n) is 8.67. The molecule has 2 nitrogen and oxygen atoms in total. The maximum atomic E-state index is 11.7. The van der Waals surface area contributed by atoms with Gasteiger partial charge in [-0.2, -0.15) is 0 Å². The minimum absolute atomic E-state index is 0.0671. The van der Waals surface area contributed by atoms with Crippen molar-refractivity contribution >= 4 is 33.6 Å². The van der Waals surface area contributed by atoms with E-state index in [0.29, 0.717) is 0 Å². The standard InChI is InChI=1S/C12H12BrNO/c1-12(2)9-4-3-8(5-6-13)7-10(9)14-11(12)15/h3-7H,1-2H3,(H,14,15). The highest BCUT2D eigenvalue weighted by atomic mass is 79.9. The fourth-order valence-electron chi connectivity index (χ4n) is 1.79. The number of halogens is 1.